The van der Waals surface area contributed by atoms with Crippen LogP contribution in [-0.4, -0.2) is 9.55 Å². The van der Waals surface area contributed by atoms with Gasteiger partial charge in [0, 0.05) is 72.5 Å². The zero-order chi connectivity index (χ0) is 55.6. The summed E-state index contributed by atoms with van der Waals surface area (Å²) < 4.78 is 24.2. The van der Waals surface area contributed by atoms with E-state index >= 15 is 0 Å². The van der Waals surface area contributed by atoms with Crippen molar-refractivity contribution in [3.05, 3.63) is 247 Å². The van der Waals surface area contributed by atoms with Gasteiger partial charge in [-0.1, -0.05) is 190 Å². The number of fused-ring (bicyclic) bond motifs is 4. The maximum Gasteiger partial charge on any atom is 0.135 e. The number of para-hydroxylation sites is 3. The van der Waals surface area contributed by atoms with E-state index in [1.807, 2.05) is 24.4 Å². The van der Waals surface area contributed by atoms with Crippen LogP contribution >= 0.6 is 0 Å². The molecular formula is C74H66FN4OPt-3. The largest absolute Gasteiger partial charge is 0.509 e. The molecule has 0 spiro atoms. The first-order valence-electron chi connectivity index (χ1n) is 27.9. The molecule has 3 heterocycles. The molecule has 0 fully saturated rings. The molecule has 5 nitrogen and oxygen atoms in total. The van der Waals surface area contributed by atoms with Crippen LogP contribution in [0.1, 0.15) is 103 Å². The van der Waals surface area contributed by atoms with E-state index in [1.165, 1.54) is 22.3 Å². The number of rotatable bonds is 11. The van der Waals surface area contributed by atoms with E-state index in [0.29, 0.717) is 23.3 Å². The summed E-state index contributed by atoms with van der Waals surface area (Å²) in [4.78, 5) is 9.50. The zero-order valence-electron chi connectivity index (χ0n) is 47.7. The van der Waals surface area contributed by atoms with Crippen molar-refractivity contribution in [2.24, 2.45) is 0 Å². The second-order valence-electron chi connectivity index (χ2n) is 23.9. The van der Waals surface area contributed by atoms with Crippen molar-refractivity contribution in [1.82, 2.24) is 9.55 Å². The molecular weight excluding hydrogens is 1170 g/mol. The molecule has 0 unspecified atom stereocenters. The summed E-state index contributed by atoms with van der Waals surface area (Å²) in [5.41, 5.74) is 18.7. The van der Waals surface area contributed by atoms with Crippen molar-refractivity contribution in [3.63, 3.8) is 0 Å². The molecule has 0 aliphatic carbocycles. The van der Waals surface area contributed by atoms with Crippen molar-refractivity contribution in [2.75, 3.05) is 9.80 Å². The van der Waals surface area contributed by atoms with Gasteiger partial charge in [0.05, 0.1) is 0 Å². The van der Waals surface area contributed by atoms with Gasteiger partial charge in [-0.05, 0) is 133 Å². The second kappa shape index (κ2) is 21.8. The summed E-state index contributed by atoms with van der Waals surface area (Å²) in [5.74, 6) is 2.25. The zero-order valence-corrected chi connectivity index (χ0v) is 49.9. The Kier molecular flexibility index (Phi) is 14.8. The van der Waals surface area contributed by atoms with Gasteiger partial charge in [0.2, 0.25) is 0 Å². The number of ether oxygens (including phenoxy) is 1. The fourth-order valence-corrected chi connectivity index (χ4v) is 11.1. The molecule has 0 radical (unpaired) electrons. The Morgan fingerprint density at radius 2 is 1.07 bits per heavy atom. The quantitative estimate of drug-likeness (QED) is 0.121. The molecule has 0 saturated carbocycles. The number of pyridine rings is 1. The monoisotopic (exact) mass is 1240 g/mol. The molecule has 0 N–H and O–H groups in total. The Morgan fingerprint density at radius 1 is 0.494 bits per heavy atom. The van der Waals surface area contributed by atoms with Crippen LogP contribution in [0.25, 0.3) is 72.1 Å². The molecule has 12 rings (SSSR count). The summed E-state index contributed by atoms with van der Waals surface area (Å²) in [6, 6.07) is 75.1. The van der Waals surface area contributed by atoms with Crippen LogP contribution in [0.15, 0.2) is 200 Å². The molecule has 7 heteroatoms. The van der Waals surface area contributed by atoms with Crippen LogP contribution in [-0.2, 0) is 31.9 Å². The third-order valence-electron chi connectivity index (χ3n) is 15.7. The van der Waals surface area contributed by atoms with E-state index in [2.05, 4.69) is 266 Å². The minimum Gasteiger partial charge on any atom is -0.509 e. The van der Waals surface area contributed by atoms with Crippen LogP contribution in [0.4, 0.5) is 27.1 Å². The van der Waals surface area contributed by atoms with E-state index in [4.69, 9.17) is 9.72 Å². The summed E-state index contributed by atoms with van der Waals surface area (Å²) in [7, 11) is 0. The van der Waals surface area contributed by atoms with Gasteiger partial charge in [0.15, 0.2) is 0 Å². The summed E-state index contributed by atoms with van der Waals surface area (Å²) in [6.07, 6.45) is 1.90. The Labute approximate surface area is 492 Å². The van der Waals surface area contributed by atoms with E-state index in [9.17, 15) is 4.39 Å². The molecule has 1 aliphatic rings. The fraction of sp³-hybridized carbons (Fsp3) is 0.189. The number of hydrogen-bond donors (Lipinski definition) is 0. The van der Waals surface area contributed by atoms with Gasteiger partial charge in [-0.2, -0.15) is 6.07 Å². The summed E-state index contributed by atoms with van der Waals surface area (Å²) >= 11 is 0. The number of nitrogens with zero attached hydrogens (tertiary/aromatic N) is 4. The van der Waals surface area contributed by atoms with Gasteiger partial charge in [-0.25, -0.2) is 9.37 Å². The maximum atomic E-state index is 14.9. The van der Waals surface area contributed by atoms with Gasteiger partial charge in [-0.3, -0.25) is 0 Å². The maximum absolute atomic E-state index is 14.9. The molecule has 11 aromatic rings. The minimum absolute atomic E-state index is 0. The van der Waals surface area contributed by atoms with Crippen molar-refractivity contribution < 1.29 is 30.2 Å². The number of benzene rings is 9. The standard InChI is InChI=1S/C74H66FN4O.Pt/c1-47(2)51-36-52(48(3)4)38-53(37-51)66-42-56(74(8,9)10)41-65(50-28-30-57(75)31-29-50)72(66)78-46-77(68-26-18-19-27-69(68)78)58-39-54(62-23-15-14-22-61(62)49-20-12-11-13-21-49)40-60(44-58)80-59-32-33-64-63-24-16-17-25-67(63)79(70(64)45-59)71-43-55(34-35-76-71)73(5,6)7;/h11-43,46-48H,1-10H3;/q-3;. The molecule has 0 amide bonds. The third kappa shape index (κ3) is 10.6. The van der Waals surface area contributed by atoms with E-state index in [-0.39, 0.29) is 37.7 Å². The summed E-state index contributed by atoms with van der Waals surface area (Å²) in [5, 5.41) is 2.17. The van der Waals surface area contributed by atoms with Crippen LogP contribution in [0, 0.1) is 24.6 Å². The van der Waals surface area contributed by atoms with Crippen molar-refractivity contribution in [1.29, 1.82) is 0 Å². The Bertz CT molecular complexity index is 4100. The predicted molar refractivity (Wildman–Crippen MR) is 332 cm³/mol. The van der Waals surface area contributed by atoms with Crippen molar-refractivity contribution in [2.45, 2.75) is 91.9 Å². The van der Waals surface area contributed by atoms with E-state index in [0.717, 1.165) is 94.9 Å². The average Bonchev–Trinajstić information content (AvgIpc) is 4.27. The van der Waals surface area contributed by atoms with Gasteiger partial charge >= 0.3 is 0 Å². The van der Waals surface area contributed by atoms with E-state index in [1.54, 1.807) is 12.1 Å². The van der Waals surface area contributed by atoms with Crippen LogP contribution < -0.4 is 14.5 Å². The smallest absolute Gasteiger partial charge is 0.135 e. The van der Waals surface area contributed by atoms with Gasteiger partial charge in [0.25, 0.3) is 0 Å². The fourth-order valence-electron chi connectivity index (χ4n) is 11.1. The minimum atomic E-state index is -0.275. The van der Waals surface area contributed by atoms with Crippen LogP contribution in [0.2, 0.25) is 0 Å². The third-order valence-corrected chi connectivity index (χ3v) is 15.7. The Balaban J connectivity index is 0.00000690. The molecule has 81 heavy (non-hydrogen) atoms. The summed E-state index contributed by atoms with van der Waals surface area (Å²) in [6.45, 7) is 24.7. The number of anilines is 4. The number of halogens is 1. The first-order valence-corrected chi connectivity index (χ1v) is 27.9. The SMILES string of the molecule is CC(C)c1cc(-c2cc(C(C)(C)C)cc(-c3ccc(F)cc3)c2N2[CH-]N(c3[c-]c(Oc4[c-]c5c(cc4)c4ccccc4n5-c4cc(C(C)(C)C)ccn4)cc(-c4ccccc4-c4ccccc4)c3)c3ccccc32)cc(C(C)C)c1.[Pt]. The molecule has 9 aromatic carbocycles. The molecule has 0 atom stereocenters. The molecule has 2 aromatic heterocycles. The van der Waals surface area contributed by atoms with Gasteiger partial charge in [-0.15, -0.1) is 53.6 Å². The molecule has 0 saturated heterocycles. The van der Waals surface area contributed by atoms with Crippen LogP contribution in [0.3, 0.4) is 0 Å². The van der Waals surface area contributed by atoms with Crippen LogP contribution in [0.5, 0.6) is 11.5 Å². The van der Waals surface area contributed by atoms with Gasteiger partial charge < -0.3 is 19.1 Å². The first kappa shape index (κ1) is 54.9. The van der Waals surface area contributed by atoms with E-state index < -0.39 is 0 Å². The normalized spacial score (nSPS) is 12.7. The predicted octanol–water partition coefficient (Wildman–Crippen LogP) is 20.6. The Hall–Kier alpha value is -8.05. The number of hydrogen-bond acceptors (Lipinski definition) is 4. The van der Waals surface area contributed by atoms with Crippen molar-refractivity contribution in [3.8, 4) is 61.8 Å². The first-order chi connectivity index (χ1) is 38.5. The average molecular weight is 1240 g/mol. The molecule has 1 aliphatic heterocycles. The molecule has 0 bridgehead atoms. The van der Waals surface area contributed by atoms with Gasteiger partial charge in [0.1, 0.15) is 11.6 Å². The Morgan fingerprint density at radius 3 is 1.74 bits per heavy atom. The topological polar surface area (TPSA) is 33.5 Å². The molecule has 408 valence electrons. The van der Waals surface area contributed by atoms with Crippen molar-refractivity contribution >= 4 is 44.6 Å². The second-order valence-corrected chi connectivity index (χ2v) is 23.9. The number of aromatic nitrogens is 2.